The van der Waals surface area contributed by atoms with Gasteiger partial charge >= 0.3 is 0 Å². The number of fused-ring (bicyclic) bond motifs is 12. The molecule has 0 amide bonds. The van der Waals surface area contributed by atoms with Gasteiger partial charge in [-0.3, -0.25) is 0 Å². The average Bonchev–Trinajstić information content (AvgIpc) is 3.72. The van der Waals surface area contributed by atoms with Gasteiger partial charge in [0.15, 0.2) is 0 Å². The molecule has 48 heavy (non-hydrogen) atoms. The summed E-state index contributed by atoms with van der Waals surface area (Å²) < 4.78 is 5.45. The summed E-state index contributed by atoms with van der Waals surface area (Å²) in [5.41, 5.74) is 5.16. The Morgan fingerprint density at radius 2 is 0.771 bits per heavy atom. The zero-order chi connectivity index (χ0) is 31.3. The van der Waals surface area contributed by atoms with Crippen LogP contribution >= 0.6 is 22.7 Å². The lowest BCUT2D eigenvalue weighted by atomic mass is 9.84. The maximum absolute atomic E-state index is 2.45. The van der Waals surface area contributed by atoms with Crippen molar-refractivity contribution in [2.24, 2.45) is 0 Å². The molecule has 0 nitrogen and oxygen atoms in total. The average molecular weight is 643 g/mol. The second-order valence-corrected chi connectivity index (χ2v) is 14.9. The molecule has 11 rings (SSSR count). The van der Waals surface area contributed by atoms with Crippen LogP contribution < -0.4 is 0 Å². The largest absolute Gasteiger partial charge is 0.135 e. The molecule has 0 aliphatic carbocycles. The molecule has 0 spiro atoms. The van der Waals surface area contributed by atoms with Crippen LogP contribution in [-0.4, -0.2) is 0 Å². The van der Waals surface area contributed by atoms with Gasteiger partial charge in [0.1, 0.15) is 0 Å². The van der Waals surface area contributed by atoms with E-state index in [0.29, 0.717) is 0 Å². The van der Waals surface area contributed by atoms with E-state index in [9.17, 15) is 0 Å². The molecule has 0 unspecified atom stereocenters. The first-order valence-electron chi connectivity index (χ1n) is 16.4. The molecule has 11 aromatic rings. The second-order valence-electron chi connectivity index (χ2n) is 12.8. The van der Waals surface area contributed by atoms with Crippen molar-refractivity contribution in [2.75, 3.05) is 0 Å². The fraction of sp³-hybridized carbons (Fsp3) is 0. The van der Waals surface area contributed by atoms with Crippen LogP contribution in [0.3, 0.4) is 0 Å². The topological polar surface area (TPSA) is 0 Å². The van der Waals surface area contributed by atoms with E-state index < -0.39 is 0 Å². The highest BCUT2D eigenvalue weighted by Crippen LogP contribution is 2.48. The van der Waals surface area contributed by atoms with Crippen LogP contribution in [0, 0.1) is 0 Å². The Morgan fingerprint density at radius 3 is 1.44 bits per heavy atom. The van der Waals surface area contributed by atoms with Crippen LogP contribution in [-0.2, 0) is 0 Å². The van der Waals surface area contributed by atoms with E-state index in [1.807, 2.05) is 22.7 Å². The Hall–Kier alpha value is -5.54. The molecule has 0 N–H and O–H groups in total. The molecule has 2 heterocycles. The van der Waals surface area contributed by atoms with Crippen LogP contribution in [0.4, 0.5) is 0 Å². The fourth-order valence-corrected chi connectivity index (χ4v) is 10.6. The van der Waals surface area contributed by atoms with Gasteiger partial charge in [-0.05, 0) is 72.8 Å². The van der Waals surface area contributed by atoms with Crippen LogP contribution in [0.1, 0.15) is 0 Å². The highest BCUT2D eigenvalue weighted by molar-refractivity contribution is 7.28. The molecule has 222 valence electrons. The smallest absolute Gasteiger partial charge is 0.0434 e. The summed E-state index contributed by atoms with van der Waals surface area (Å²) >= 11 is 3.84. The highest BCUT2D eigenvalue weighted by atomic mass is 32.1. The fourth-order valence-electron chi connectivity index (χ4n) is 8.15. The van der Waals surface area contributed by atoms with Crippen LogP contribution in [0.15, 0.2) is 158 Å². The minimum absolute atomic E-state index is 1.26. The van der Waals surface area contributed by atoms with Crippen molar-refractivity contribution in [1.29, 1.82) is 0 Å². The number of rotatable bonds is 2. The molecule has 0 aliphatic heterocycles. The normalized spacial score (nSPS) is 12.2. The number of hydrogen-bond donors (Lipinski definition) is 0. The van der Waals surface area contributed by atoms with Gasteiger partial charge < -0.3 is 0 Å². The lowest BCUT2D eigenvalue weighted by molar-refractivity contribution is 1.69. The minimum atomic E-state index is 1.26. The van der Waals surface area contributed by atoms with Crippen molar-refractivity contribution in [3.05, 3.63) is 158 Å². The monoisotopic (exact) mass is 642 g/mol. The van der Waals surface area contributed by atoms with Crippen molar-refractivity contribution < 1.29 is 0 Å². The molecule has 0 atom stereocenters. The molecular weight excluding hydrogens is 617 g/mol. The Balaban J connectivity index is 1.19. The third-order valence-corrected chi connectivity index (χ3v) is 12.7. The van der Waals surface area contributed by atoms with E-state index in [1.54, 1.807) is 0 Å². The van der Waals surface area contributed by atoms with Gasteiger partial charge in [0.25, 0.3) is 0 Å². The SMILES string of the molecule is c1ccc2c(-c3c4ccccc4c(-c4ccc5sc6c(ccc7c6ccc6c8ccccc8sc67)c5c4)c4ccccc34)cccc2c1. The predicted octanol–water partition coefficient (Wildman–Crippen LogP) is 14.4. The Morgan fingerprint density at radius 1 is 0.292 bits per heavy atom. The minimum Gasteiger partial charge on any atom is -0.135 e. The molecule has 2 heteroatoms. The van der Waals surface area contributed by atoms with Gasteiger partial charge in [-0.25, -0.2) is 0 Å². The number of benzene rings is 9. The molecule has 0 saturated heterocycles. The van der Waals surface area contributed by atoms with E-state index >= 15 is 0 Å². The summed E-state index contributed by atoms with van der Waals surface area (Å²) in [5.74, 6) is 0. The maximum atomic E-state index is 2.45. The van der Waals surface area contributed by atoms with Crippen molar-refractivity contribution in [2.45, 2.75) is 0 Å². The summed E-state index contributed by atoms with van der Waals surface area (Å²) in [6, 6.07) is 58.8. The zero-order valence-corrected chi connectivity index (χ0v) is 27.5. The third kappa shape index (κ3) is 3.65. The van der Waals surface area contributed by atoms with Crippen LogP contribution in [0.2, 0.25) is 0 Å². The summed E-state index contributed by atoms with van der Waals surface area (Å²) in [6.07, 6.45) is 0. The van der Waals surface area contributed by atoms with E-state index in [-0.39, 0.29) is 0 Å². The van der Waals surface area contributed by atoms with Gasteiger partial charge in [-0.2, -0.15) is 0 Å². The molecule has 0 radical (unpaired) electrons. The molecular formula is C46H26S2. The lowest BCUT2D eigenvalue weighted by Gasteiger charge is -2.19. The molecule has 9 aromatic carbocycles. The first kappa shape index (κ1) is 26.5. The van der Waals surface area contributed by atoms with Crippen molar-refractivity contribution in [3.8, 4) is 22.3 Å². The van der Waals surface area contributed by atoms with E-state index in [0.717, 1.165) is 0 Å². The van der Waals surface area contributed by atoms with E-state index in [2.05, 4.69) is 158 Å². The summed E-state index contributed by atoms with van der Waals surface area (Å²) in [6.45, 7) is 0. The molecule has 0 fully saturated rings. The molecule has 0 bridgehead atoms. The third-order valence-electron chi connectivity index (χ3n) is 10.3. The molecule has 0 saturated carbocycles. The van der Waals surface area contributed by atoms with Crippen LogP contribution in [0.25, 0.3) is 106 Å². The van der Waals surface area contributed by atoms with Crippen molar-refractivity contribution in [3.63, 3.8) is 0 Å². The Bertz CT molecular complexity index is 3060. The number of hydrogen-bond acceptors (Lipinski definition) is 2. The predicted molar refractivity (Wildman–Crippen MR) is 213 cm³/mol. The van der Waals surface area contributed by atoms with Gasteiger partial charge in [-0.1, -0.05) is 140 Å². The van der Waals surface area contributed by atoms with Gasteiger partial charge in [-0.15, -0.1) is 22.7 Å². The first-order chi connectivity index (χ1) is 23.8. The van der Waals surface area contributed by atoms with E-state index in [1.165, 1.54) is 106 Å². The standard InChI is InChI=1S/C46H26S2/c1-2-12-29-27(10-1)11-9-18-31(29)44-34-16-5-3-14-32(34)43(33-15-4-6-17-35(33)44)28-20-25-42-40(26-28)39-24-23-37-38(46(39)48-42)22-21-36-30-13-7-8-19-41(30)47-45(36)37/h1-26H. The van der Waals surface area contributed by atoms with Crippen molar-refractivity contribution in [1.82, 2.24) is 0 Å². The van der Waals surface area contributed by atoms with Crippen molar-refractivity contribution >= 4 is 106 Å². The molecule has 2 aromatic heterocycles. The highest BCUT2D eigenvalue weighted by Gasteiger charge is 2.19. The van der Waals surface area contributed by atoms with E-state index in [4.69, 9.17) is 0 Å². The summed E-state index contributed by atoms with van der Waals surface area (Å²) in [5, 5.41) is 15.8. The Kier molecular flexibility index (Phi) is 5.51. The second kappa shape index (κ2) is 9.98. The number of thiophene rings is 2. The van der Waals surface area contributed by atoms with Gasteiger partial charge in [0.2, 0.25) is 0 Å². The van der Waals surface area contributed by atoms with Gasteiger partial charge in [0, 0.05) is 51.1 Å². The Labute approximate surface area is 284 Å². The van der Waals surface area contributed by atoms with Crippen LogP contribution in [0.5, 0.6) is 0 Å². The summed E-state index contributed by atoms with van der Waals surface area (Å²) in [7, 11) is 0. The maximum Gasteiger partial charge on any atom is 0.0434 e. The van der Waals surface area contributed by atoms with Gasteiger partial charge in [0.05, 0.1) is 0 Å². The zero-order valence-electron chi connectivity index (χ0n) is 25.8. The molecule has 0 aliphatic rings. The quantitative estimate of drug-likeness (QED) is 0.165. The first-order valence-corrected chi connectivity index (χ1v) is 18.1. The lowest BCUT2D eigenvalue weighted by Crippen LogP contribution is -1.91. The summed E-state index contributed by atoms with van der Waals surface area (Å²) in [4.78, 5) is 0.